The molecule has 1 fully saturated rings. The second-order valence-electron chi connectivity index (χ2n) is 17.2. The fourth-order valence-electron chi connectivity index (χ4n) is 10.8. The molecule has 0 radical (unpaired) electrons. The first-order valence-corrected chi connectivity index (χ1v) is 20.9. The van der Waals surface area contributed by atoms with Crippen LogP contribution >= 0.6 is 0 Å². The monoisotopic (exact) mass is 746 g/mol. The highest BCUT2D eigenvalue weighted by Crippen LogP contribution is 2.60. The highest BCUT2D eigenvalue weighted by molar-refractivity contribution is 6.10. The minimum absolute atomic E-state index is 0.0778. The zero-order valence-electron chi connectivity index (χ0n) is 32.8. The highest BCUT2D eigenvalue weighted by atomic mass is 16.3. The normalized spacial score (nSPS) is 15.7. The molecule has 3 aliphatic carbocycles. The lowest BCUT2D eigenvalue weighted by Crippen LogP contribution is -2.28. The Morgan fingerprint density at radius 2 is 1.07 bits per heavy atom. The van der Waals surface area contributed by atoms with Crippen LogP contribution < -0.4 is 0 Å². The van der Waals surface area contributed by atoms with Gasteiger partial charge in [0.05, 0.1) is 11.1 Å². The van der Waals surface area contributed by atoms with Crippen LogP contribution in [0.5, 0.6) is 0 Å². The first-order chi connectivity index (χ1) is 28.5. The highest BCUT2D eigenvalue weighted by Gasteiger charge is 2.46. The van der Waals surface area contributed by atoms with Crippen LogP contribution in [0.2, 0.25) is 0 Å². The molecule has 2 aromatic heterocycles. The van der Waals surface area contributed by atoms with Gasteiger partial charge in [-0.1, -0.05) is 154 Å². The number of aromatic nitrogens is 2. The molecule has 278 valence electrons. The van der Waals surface area contributed by atoms with E-state index in [4.69, 9.17) is 14.4 Å². The van der Waals surface area contributed by atoms with E-state index in [1.165, 1.54) is 76.6 Å². The van der Waals surface area contributed by atoms with Crippen LogP contribution in [0.3, 0.4) is 0 Å². The molecule has 0 atom stereocenters. The number of para-hydroxylation sites is 1. The van der Waals surface area contributed by atoms with Crippen molar-refractivity contribution in [1.29, 1.82) is 0 Å². The standard InChI is InChI=1S/C55H42N2O/c1-54(2)45-26-25-38(31-42(45)44-33-48-43(32-47(44)54)40-21-7-9-23-46(40)55(48)27-11-4-12-28-55)36-18-13-17-35(29-36)37-19-14-20-39(30-37)52-56-51(34-15-5-3-6-16-34)50-41-22-8-10-24-49(41)58-53(50)57-52/h3,5-10,13-26,29-33H,4,11-12,27-28H2,1-2H3. The van der Waals surface area contributed by atoms with Gasteiger partial charge in [-0.2, -0.15) is 4.98 Å². The van der Waals surface area contributed by atoms with Crippen molar-refractivity contribution < 1.29 is 4.42 Å². The SMILES string of the molecule is CC1(C)c2ccc(-c3cccc(-c4cccc(-c5nc(-c6ccccc6)c6c(n5)oc5ccccc56)c4)c3)cc2-c2cc3c(cc21)-c1ccccc1C31CCCCC1. The molecule has 0 amide bonds. The van der Waals surface area contributed by atoms with Crippen LogP contribution in [0.4, 0.5) is 0 Å². The second-order valence-corrected chi connectivity index (χ2v) is 17.2. The lowest BCUT2D eigenvalue weighted by Gasteiger charge is -2.36. The van der Waals surface area contributed by atoms with E-state index in [2.05, 4.69) is 147 Å². The first-order valence-electron chi connectivity index (χ1n) is 20.9. The van der Waals surface area contributed by atoms with Crippen LogP contribution in [0.25, 0.3) is 89.2 Å². The Bertz CT molecular complexity index is 3130. The quantitative estimate of drug-likeness (QED) is 0.180. The van der Waals surface area contributed by atoms with E-state index in [1.54, 1.807) is 11.1 Å². The number of rotatable bonds is 4. The Hall–Kier alpha value is -6.58. The van der Waals surface area contributed by atoms with Gasteiger partial charge >= 0.3 is 0 Å². The van der Waals surface area contributed by atoms with Crippen molar-refractivity contribution in [3.8, 4) is 67.2 Å². The summed E-state index contributed by atoms with van der Waals surface area (Å²) in [6.07, 6.45) is 6.43. The maximum absolute atomic E-state index is 6.34. The lowest BCUT2D eigenvalue weighted by molar-refractivity contribution is 0.353. The minimum atomic E-state index is -0.0778. The zero-order valence-corrected chi connectivity index (χ0v) is 32.8. The van der Waals surface area contributed by atoms with Crippen molar-refractivity contribution in [2.45, 2.75) is 56.8 Å². The number of benzene rings is 7. The maximum atomic E-state index is 6.34. The predicted molar refractivity (Wildman–Crippen MR) is 238 cm³/mol. The molecule has 12 rings (SSSR count). The van der Waals surface area contributed by atoms with Crippen LogP contribution in [0, 0.1) is 0 Å². The average molecular weight is 747 g/mol. The van der Waals surface area contributed by atoms with Crippen LogP contribution in [-0.4, -0.2) is 9.97 Å². The van der Waals surface area contributed by atoms with Crippen LogP contribution in [-0.2, 0) is 10.8 Å². The predicted octanol–water partition coefficient (Wildman–Crippen LogP) is 14.6. The summed E-state index contributed by atoms with van der Waals surface area (Å²) in [6.45, 7) is 4.82. The van der Waals surface area contributed by atoms with Gasteiger partial charge in [0.1, 0.15) is 5.58 Å². The molecule has 1 spiro atoms. The van der Waals surface area contributed by atoms with Crippen molar-refractivity contribution in [1.82, 2.24) is 9.97 Å². The number of fused-ring (bicyclic) bond motifs is 11. The van der Waals surface area contributed by atoms with E-state index in [0.717, 1.165) is 44.3 Å². The number of nitrogens with zero attached hydrogens (tertiary/aromatic N) is 2. The molecule has 0 bridgehead atoms. The number of hydrogen-bond acceptors (Lipinski definition) is 3. The maximum Gasteiger partial charge on any atom is 0.231 e. The van der Waals surface area contributed by atoms with E-state index >= 15 is 0 Å². The van der Waals surface area contributed by atoms with Crippen LogP contribution in [0.15, 0.2) is 162 Å². The van der Waals surface area contributed by atoms with Gasteiger partial charge in [-0.15, -0.1) is 0 Å². The third-order valence-corrected chi connectivity index (χ3v) is 13.7. The second kappa shape index (κ2) is 12.5. The Morgan fingerprint density at radius 1 is 0.448 bits per heavy atom. The molecule has 0 aliphatic heterocycles. The summed E-state index contributed by atoms with van der Waals surface area (Å²) in [7, 11) is 0. The molecule has 58 heavy (non-hydrogen) atoms. The summed E-state index contributed by atoms with van der Waals surface area (Å²) >= 11 is 0. The molecule has 0 N–H and O–H groups in total. The van der Waals surface area contributed by atoms with Crippen molar-refractivity contribution in [2.24, 2.45) is 0 Å². The molecule has 1 saturated carbocycles. The molecule has 3 heteroatoms. The molecular formula is C55H42N2O. The topological polar surface area (TPSA) is 38.9 Å². The fourth-order valence-corrected chi connectivity index (χ4v) is 10.8. The minimum Gasteiger partial charge on any atom is -0.438 e. The fraction of sp³-hybridized carbons (Fsp3) is 0.164. The molecule has 9 aromatic rings. The Morgan fingerprint density at radius 3 is 1.88 bits per heavy atom. The Balaban J connectivity index is 0.939. The smallest absolute Gasteiger partial charge is 0.231 e. The average Bonchev–Trinajstić information content (AvgIpc) is 3.86. The summed E-state index contributed by atoms with van der Waals surface area (Å²) in [6, 6.07) is 57.7. The van der Waals surface area contributed by atoms with Crippen molar-refractivity contribution in [3.05, 3.63) is 180 Å². The summed E-state index contributed by atoms with van der Waals surface area (Å²) in [5.74, 6) is 0.646. The van der Waals surface area contributed by atoms with Gasteiger partial charge in [-0.05, 0) is 116 Å². The van der Waals surface area contributed by atoms with E-state index < -0.39 is 0 Å². The van der Waals surface area contributed by atoms with E-state index in [-0.39, 0.29) is 10.8 Å². The molecule has 0 unspecified atom stereocenters. The van der Waals surface area contributed by atoms with E-state index in [0.29, 0.717) is 11.5 Å². The van der Waals surface area contributed by atoms with Crippen molar-refractivity contribution in [3.63, 3.8) is 0 Å². The third kappa shape index (κ3) is 4.86. The molecule has 7 aromatic carbocycles. The van der Waals surface area contributed by atoms with Gasteiger partial charge in [0.15, 0.2) is 5.82 Å². The lowest BCUT2D eigenvalue weighted by atomic mass is 9.67. The Kier molecular flexibility index (Phi) is 7.21. The summed E-state index contributed by atoms with van der Waals surface area (Å²) < 4.78 is 6.34. The third-order valence-electron chi connectivity index (χ3n) is 13.7. The molecule has 2 heterocycles. The zero-order chi connectivity index (χ0) is 38.6. The van der Waals surface area contributed by atoms with Gasteiger partial charge in [-0.3, -0.25) is 0 Å². The molecule has 0 saturated heterocycles. The van der Waals surface area contributed by atoms with E-state index in [1.807, 2.05) is 24.3 Å². The van der Waals surface area contributed by atoms with E-state index in [9.17, 15) is 0 Å². The molecular weight excluding hydrogens is 705 g/mol. The number of furan rings is 1. The summed E-state index contributed by atoms with van der Waals surface area (Å²) in [5.41, 5.74) is 20.7. The van der Waals surface area contributed by atoms with Crippen LogP contribution in [0.1, 0.15) is 68.2 Å². The molecule has 3 nitrogen and oxygen atoms in total. The van der Waals surface area contributed by atoms with Gasteiger partial charge < -0.3 is 4.42 Å². The van der Waals surface area contributed by atoms with Crippen molar-refractivity contribution >= 4 is 22.1 Å². The largest absolute Gasteiger partial charge is 0.438 e. The van der Waals surface area contributed by atoms with Gasteiger partial charge in [0.2, 0.25) is 5.71 Å². The Labute approximate surface area is 339 Å². The van der Waals surface area contributed by atoms with Gasteiger partial charge in [-0.25, -0.2) is 4.98 Å². The number of hydrogen-bond donors (Lipinski definition) is 0. The molecule has 3 aliphatic rings. The summed E-state index contributed by atoms with van der Waals surface area (Å²) in [4.78, 5) is 10.2. The van der Waals surface area contributed by atoms with Crippen molar-refractivity contribution in [2.75, 3.05) is 0 Å². The summed E-state index contributed by atoms with van der Waals surface area (Å²) in [5, 5.41) is 1.97. The first kappa shape index (κ1) is 33.5. The van der Waals surface area contributed by atoms with Gasteiger partial charge in [0, 0.05) is 27.3 Å². The van der Waals surface area contributed by atoms with Gasteiger partial charge in [0.25, 0.3) is 0 Å².